The maximum atomic E-state index is 12.5. The summed E-state index contributed by atoms with van der Waals surface area (Å²) in [6.07, 6.45) is 0.342. The van der Waals surface area contributed by atoms with Crippen molar-refractivity contribution < 1.29 is 18.8 Å². The topological polar surface area (TPSA) is 77.7 Å². The van der Waals surface area contributed by atoms with Crippen molar-refractivity contribution >= 4 is 5.91 Å². The molecule has 1 aromatic heterocycles. The van der Waals surface area contributed by atoms with Crippen molar-refractivity contribution in [3.05, 3.63) is 84.4 Å². The van der Waals surface area contributed by atoms with Gasteiger partial charge in [0.15, 0.2) is 0 Å². The molecule has 0 bridgehead atoms. The van der Waals surface area contributed by atoms with Crippen LogP contribution in [0.1, 0.15) is 5.56 Å². The monoisotopic (exact) mass is 441 g/mol. The number of methoxy groups -OCH3 is 1. The van der Waals surface area contributed by atoms with Crippen molar-refractivity contribution in [2.24, 2.45) is 0 Å². The highest BCUT2D eigenvalue weighted by Gasteiger charge is 2.32. The predicted octanol–water partition coefficient (Wildman–Crippen LogP) is 4.24. The summed E-state index contributed by atoms with van der Waals surface area (Å²) in [5.74, 6) is 2.60. The van der Waals surface area contributed by atoms with Gasteiger partial charge in [-0.3, -0.25) is 4.79 Å². The molecule has 1 aliphatic heterocycles. The van der Waals surface area contributed by atoms with E-state index in [2.05, 4.69) is 10.1 Å². The average molecular weight is 441 g/mol. The summed E-state index contributed by atoms with van der Waals surface area (Å²) < 4.78 is 16.6. The van der Waals surface area contributed by atoms with Crippen LogP contribution in [0.2, 0.25) is 0 Å². The molecule has 0 unspecified atom stereocenters. The van der Waals surface area contributed by atoms with Crippen LogP contribution in [0.25, 0.3) is 22.8 Å². The molecular formula is C26H23N3O4. The highest BCUT2D eigenvalue weighted by atomic mass is 16.5. The quantitative estimate of drug-likeness (QED) is 0.427. The first-order chi connectivity index (χ1) is 16.2. The van der Waals surface area contributed by atoms with Crippen LogP contribution in [0.3, 0.4) is 0 Å². The molecule has 1 saturated heterocycles. The Morgan fingerprint density at radius 3 is 2.52 bits per heavy atom. The van der Waals surface area contributed by atoms with Crippen LogP contribution in [0.15, 0.2) is 83.4 Å². The molecule has 0 saturated carbocycles. The minimum absolute atomic E-state index is 0.0139. The van der Waals surface area contributed by atoms with Gasteiger partial charge >= 0.3 is 0 Å². The van der Waals surface area contributed by atoms with E-state index in [1.54, 1.807) is 7.11 Å². The van der Waals surface area contributed by atoms with Crippen LogP contribution >= 0.6 is 0 Å². The molecule has 5 rings (SSSR count). The van der Waals surface area contributed by atoms with Gasteiger partial charge < -0.3 is 18.9 Å². The van der Waals surface area contributed by atoms with E-state index in [1.807, 2.05) is 83.8 Å². The normalized spacial score (nSPS) is 13.4. The third-order valence-electron chi connectivity index (χ3n) is 5.55. The summed E-state index contributed by atoms with van der Waals surface area (Å²) >= 11 is 0. The number of hydrogen-bond donors (Lipinski definition) is 0. The molecule has 0 aliphatic carbocycles. The minimum Gasteiger partial charge on any atom is -0.497 e. The van der Waals surface area contributed by atoms with Crippen LogP contribution in [0.4, 0.5) is 0 Å². The third-order valence-corrected chi connectivity index (χ3v) is 5.55. The number of ether oxygens (including phenoxy) is 2. The van der Waals surface area contributed by atoms with Gasteiger partial charge in [-0.2, -0.15) is 4.98 Å². The standard InChI is InChI=1S/C26H23N3O4/c1-31-22-9-5-6-18(14-22)15-24(30)29-16-23(17-29)32-21-12-10-19(11-13-21)25-27-26(33-28-25)20-7-3-2-4-8-20/h2-14,23H,15-17H2,1H3. The Hall–Kier alpha value is -4.13. The van der Waals surface area contributed by atoms with Gasteiger partial charge in [0.2, 0.25) is 11.7 Å². The van der Waals surface area contributed by atoms with E-state index in [-0.39, 0.29) is 12.0 Å². The van der Waals surface area contributed by atoms with E-state index >= 15 is 0 Å². The lowest BCUT2D eigenvalue weighted by Crippen LogP contribution is -2.56. The van der Waals surface area contributed by atoms with Crippen molar-refractivity contribution in [1.29, 1.82) is 0 Å². The Kier molecular flexibility index (Phi) is 5.76. The van der Waals surface area contributed by atoms with E-state index in [1.165, 1.54) is 0 Å². The predicted molar refractivity (Wildman–Crippen MR) is 123 cm³/mol. The number of likely N-dealkylation sites (tertiary alicyclic amines) is 1. The van der Waals surface area contributed by atoms with Crippen LogP contribution in [0, 0.1) is 0 Å². The second-order valence-corrected chi connectivity index (χ2v) is 7.88. The van der Waals surface area contributed by atoms with Gasteiger partial charge in [0.1, 0.15) is 17.6 Å². The Labute approximate surface area is 191 Å². The molecule has 3 aromatic carbocycles. The molecule has 166 valence electrons. The Morgan fingerprint density at radius 1 is 0.970 bits per heavy atom. The third kappa shape index (κ3) is 4.72. The first-order valence-electron chi connectivity index (χ1n) is 10.7. The zero-order chi connectivity index (χ0) is 22.6. The van der Waals surface area contributed by atoms with E-state index in [0.717, 1.165) is 28.2 Å². The lowest BCUT2D eigenvalue weighted by molar-refractivity contribution is -0.139. The smallest absolute Gasteiger partial charge is 0.258 e. The molecule has 2 heterocycles. The lowest BCUT2D eigenvalue weighted by atomic mass is 10.1. The fourth-order valence-corrected chi connectivity index (χ4v) is 3.70. The largest absolute Gasteiger partial charge is 0.497 e. The van der Waals surface area contributed by atoms with Crippen molar-refractivity contribution in [2.45, 2.75) is 12.5 Å². The molecule has 7 nitrogen and oxygen atoms in total. The maximum absolute atomic E-state index is 12.5. The van der Waals surface area contributed by atoms with Crippen LogP contribution in [-0.4, -0.2) is 47.3 Å². The Balaban J connectivity index is 1.14. The minimum atomic E-state index is -0.0139. The molecule has 1 aliphatic rings. The van der Waals surface area contributed by atoms with Crippen molar-refractivity contribution in [1.82, 2.24) is 15.0 Å². The molecule has 0 N–H and O–H groups in total. The van der Waals surface area contributed by atoms with Crippen molar-refractivity contribution in [2.75, 3.05) is 20.2 Å². The number of carbonyl (C=O) groups is 1. The van der Waals surface area contributed by atoms with Gasteiger partial charge in [-0.15, -0.1) is 0 Å². The van der Waals surface area contributed by atoms with Gasteiger partial charge in [0.25, 0.3) is 5.89 Å². The van der Waals surface area contributed by atoms with Gasteiger partial charge in [-0.05, 0) is 54.1 Å². The highest BCUT2D eigenvalue weighted by Crippen LogP contribution is 2.25. The molecule has 7 heteroatoms. The molecule has 1 amide bonds. The number of amides is 1. The molecule has 33 heavy (non-hydrogen) atoms. The molecule has 0 spiro atoms. The number of carbonyl (C=O) groups excluding carboxylic acids is 1. The van der Waals surface area contributed by atoms with E-state index in [9.17, 15) is 4.79 Å². The average Bonchev–Trinajstić information content (AvgIpc) is 3.32. The van der Waals surface area contributed by atoms with Crippen molar-refractivity contribution in [3.8, 4) is 34.3 Å². The number of aromatic nitrogens is 2. The van der Waals surface area contributed by atoms with Gasteiger partial charge in [0, 0.05) is 11.1 Å². The first kappa shape index (κ1) is 20.8. The summed E-state index contributed by atoms with van der Waals surface area (Å²) in [7, 11) is 1.62. The fraction of sp³-hybridized carbons (Fsp3) is 0.192. The summed E-state index contributed by atoms with van der Waals surface area (Å²) in [6.45, 7) is 1.16. The van der Waals surface area contributed by atoms with Gasteiger partial charge in [0.05, 0.1) is 26.6 Å². The molecule has 4 aromatic rings. The van der Waals surface area contributed by atoms with Gasteiger partial charge in [-0.1, -0.05) is 35.5 Å². The van der Waals surface area contributed by atoms with Crippen LogP contribution in [0.5, 0.6) is 11.5 Å². The SMILES string of the molecule is COc1cccc(CC(=O)N2CC(Oc3ccc(-c4noc(-c5ccccc5)n4)cc3)C2)c1. The second-order valence-electron chi connectivity index (χ2n) is 7.88. The van der Waals surface area contributed by atoms with Crippen LogP contribution in [-0.2, 0) is 11.2 Å². The molecule has 0 radical (unpaired) electrons. The number of benzene rings is 3. The first-order valence-corrected chi connectivity index (χ1v) is 10.7. The zero-order valence-corrected chi connectivity index (χ0v) is 18.2. The maximum Gasteiger partial charge on any atom is 0.258 e. The van der Waals surface area contributed by atoms with E-state index in [0.29, 0.717) is 31.2 Å². The molecule has 0 atom stereocenters. The number of hydrogen-bond acceptors (Lipinski definition) is 6. The summed E-state index contributed by atoms with van der Waals surface area (Å²) in [5.41, 5.74) is 2.67. The number of rotatable bonds is 7. The fourth-order valence-electron chi connectivity index (χ4n) is 3.70. The summed E-state index contributed by atoms with van der Waals surface area (Å²) in [6, 6.07) is 24.8. The van der Waals surface area contributed by atoms with Crippen molar-refractivity contribution in [3.63, 3.8) is 0 Å². The second kappa shape index (κ2) is 9.16. The number of nitrogens with zero attached hydrogens (tertiary/aromatic N) is 3. The van der Waals surface area contributed by atoms with Crippen LogP contribution < -0.4 is 9.47 Å². The van der Waals surface area contributed by atoms with Gasteiger partial charge in [-0.25, -0.2) is 0 Å². The zero-order valence-electron chi connectivity index (χ0n) is 18.2. The summed E-state index contributed by atoms with van der Waals surface area (Å²) in [4.78, 5) is 18.8. The Bertz CT molecular complexity index is 1230. The molecular weight excluding hydrogens is 418 g/mol. The summed E-state index contributed by atoms with van der Waals surface area (Å²) in [5, 5.41) is 4.08. The van der Waals surface area contributed by atoms with E-state index < -0.39 is 0 Å². The molecule has 1 fully saturated rings. The Morgan fingerprint density at radius 2 is 1.76 bits per heavy atom. The lowest BCUT2D eigenvalue weighted by Gasteiger charge is -2.39. The van der Waals surface area contributed by atoms with E-state index in [4.69, 9.17) is 14.0 Å². The highest BCUT2D eigenvalue weighted by molar-refractivity contribution is 5.79.